The molecule has 4 nitrogen and oxygen atoms in total. The van der Waals surface area contributed by atoms with Crippen LogP contribution in [0.1, 0.15) is 22.6 Å². The lowest BCUT2D eigenvalue weighted by molar-refractivity contribution is 0.144. The molecule has 138 valence electrons. The van der Waals surface area contributed by atoms with Gasteiger partial charge in [0.2, 0.25) is 0 Å². The summed E-state index contributed by atoms with van der Waals surface area (Å²) in [6.07, 6.45) is 2.66. The van der Waals surface area contributed by atoms with Gasteiger partial charge in [-0.25, -0.2) is 4.79 Å². The topological polar surface area (TPSA) is 51.2 Å². The Kier molecular flexibility index (Phi) is 5.27. The van der Waals surface area contributed by atoms with Crippen LogP contribution in [0.2, 0.25) is 5.02 Å². The fourth-order valence-corrected chi connectivity index (χ4v) is 3.55. The van der Waals surface area contributed by atoms with E-state index in [4.69, 9.17) is 16.3 Å². The molecule has 4 rings (SSSR count). The molecule has 0 unspecified atom stereocenters. The van der Waals surface area contributed by atoms with Gasteiger partial charge in [0, 0.05) is 23.9 Å². The van der Waals surface area contributed by atoms with Crippen LogP contribution in [-0.4, -0.2) is 24.2 Å². The highest BCUT2D eigenvalue weighted by Gasteiger charge is 2.28. The van der Waals surface area contributed by atoms with Gasteiger partial charge in [-0.15, -0.1) is 0 Å². The maximum Gasteiger partial charge on any atom is 0.407 e. The molecule has 0 fully saturated rings. The number of carbonyl (C=O) groups excluding carboxylic acids is 1. The predicted molar refractivity (Wildman–Crippen MR) is 109 cm³/mol. The van der Waals surface area contributed by atoms with Gasteiger partial charge < -0.3 is 10.1 Å². The van der Waals surface area contributed by atoms with Crippen molar-refractivity contribution in [3.05, 3.63) is 88.7 Å². The van der Waals surface area contributed by atoms with Gasteiger partial charge in [-0.2, -0.15) is 0 Å². The minimum Gasteiger partial charge on any atom is -0.449 e. The fraction of sp³-hybridized carbons (Fsp3) is 0.130. The Bertz CT molecular complexity index is 1040. The van der Waals surface area contributed by atoms with Crippen molar-refractivity contribution in [2.24, 2.45) is 0 Å². The minimum absolute atomic E-state index is 0.0415. The second-order valence-electron chi connectivity index (χ2n) is 6.34. The van der Waals surface area contributed by atoms with Crippen molar-refractivity contribution in [2.45, 2.75) is 5.92 Å². The average Bonchev–Trinajstić information content (AvgIpc) is 3.05. The first-order chi connectivity index (χ1) is 13.7. The molecule has 0 aliphatic heterocycles. The molecule has 1 N–H and O–H groups in total. The lowest BCUT2D eigenvalue weighted by Gasteiger charge is -2.14. The van der Waals surface area contributed by atoms with Crippen molar-refractivity contribution in [1.82, 2.24) is 10.3 Å². The normalized spacial score (nSPS) is 11.8. The van der Waals surface area contributed by atoms with E-state index in [2.05, 4.69) is 46.4 Å². The monoisotopic (exact) mass is 388 g/mol. The summed E-state index contributed by atoms with van der Waals surface area (Å²) in [5.74, 6) is 5.80. The number of ether oxygens (including phenoxy) is 1. The van der Waals surface area contributed by atoms with Crippen molar-refractivity contribution in [1.29, 1.82) is 0 Å². The molecule has 3 aromatic rings. The van der Waals surface area contributed by atoms with E-state index in [9.17, 15) is 4.79 Å². The second-order valence-corrected chi connectivity index (χ2v) is 6.74. The summed E-state index contributed by atoms with van der Waals surface area (Å²) < 4.78 is 5.46. The number of carbonyl (C=O) groups is 1. The van der Waals surface area contributed by atoms with E-state index in [0.29, 0.717) is 10.6 Å². The number of benzene rings is 2. The van der Waals surface area contributed by atoms with Crippen LogP contribution in [0.4, 0.5) is 4.79 Å². The molecule has 0 bridgehead atoms. The van der Waals surface area contributed by atoms with Crippen molar-refractivity contribution < 1.29 is 9.53 Å². The molecule has 0 spiro atoms. The van der Waals surface area contributed by atoms with Crippen molar-refractivity contribution >= 4 is 17.7 Å². The summed E-state index contributed by atoms with van der Waals surface area (Å²) in [7, 11) is 0. The van der Waals surface area contributed by atoms with Crippen LogP contribution in [0.3, 0.4) is 0 Å². The van der Waals surface area contributed by atoms with E-state index in [1.54, 1.807) is 12.3 Å². The number of amides is 1. The number of aromatic nitrogens is 1. The Labute approximate surface area is 168 Å². The molecular weight excluding hydrogens is 372 g/mol. The lowest BCUT2D eigenvalue weighted by atomic mass is 9.98. The number of hydrogen-bond donors (Lipinski definition) is 1. The van der Waals surface area contributed by atoms with Crippen LogP contribution < -0.4 is 5.32 Å². The maximum atomic E-state index is 12.1. The molecule has 1 aliphatic carbocycles. The quantitative estimate of drug-likeness (QED) is 0.666. The van der Waals surface area contributed by atoms with Gasteiger partial charge >= 0.3 is 6.09 Å². The van der Waals surface area contributed by atoms with Gasteiger partial charge in [0.1, 0.15) is 6.61 Å². The highest BCUT2D eigenvalue weighted by molar-refractivity contribution is 6.31. The number of rotatable bonds is 3. The number of fused-ring (bicyclic) bond motifs is 3. The van der Waals surface area contributed by atoms with Gasteiger partial charge in [0.05, 0.1) is 11.6 Å². The van der Waals surface area contributed by atoms with Gasteiger partial charge in [0.25, 0.3) is 0 Å². The Hall–Kier alpha value is -3.29. The smallest absolute Gasteiger partial charge is 0.407 e. The Morgan fingerprint density at radius 3 is 2.43 bits per heavy atom. The first kappa shape index (κ1) is 18.1. The van der Waals surface area contributed by atoms with Crippen molar-refractivity contribution in [3.63, 3.8) is 0 Å². The number of halogens is 1. The van der Waals surface area contributed by atoms with Crippen LogP contribution in [0.5, 0.6) is 0 Å². The van der Waals surface area contributed by atoms with Crippen LogP contribution >= 0.6 is 11.6 Å². The Balaban J connectivity index is 1.36. The molecule has 28 heavy (non-hydrogen) atoms. The first-order valence-corrected chi connectivity index (χ1v) is 9.29. The van der Waals surface area contributed by atoms with E-state index in [0.717, 1.165) is 0 Å². The summed E-state index contributed by atoms with van der Waals surface area (Å²) in [4.78, 5) is 16.0. The van der Waals surface area contributed by atoms with Crippen LogP contribution in [0, 0.1) is 11.8 Å². The third-order valence-electron chi connectivity index (χ3n) is 4.66. The zero-order valence-corrected chi connectivity index (χ0v) is 15.7. The molecule has 2 aromatic carbocycles. The number of alkyl carbamates (subject to hydrolysis) is 1. The van der Waals surface area contributed by atoms with E-state index >= 15 is 0 Å². The SMILES string of the molecule is O=C(NCC#Cc1ccncc1Cl)OCC1c2ccccc2-c2ccccc21. The van der Waals surface area contributed by atoms with Crippen molar-refractivity contribution in [2.75, 3.05) is 13.2 Å². The molecule has 0 atom stereocenters. The molecule has 1 aliphatic rings. The van der Waals surface area contributed by atoms with Crippen LogP contribution in [0.25, 0.3) is 11.1 Å². The van der Waals surface area contributed by atoms with E-state index in [1.165, 1.54) is 28.5 Å². The van der Waals surface area contributed by atoms with Gasteiger partial charge in [0.15, 0.2) is 0 Å². The molecule has 5 heteroatoms. The summed E-state index contributed by atoms with van der Waals surface area (Å²) in [5, 5.41) is 3.13. The fourth-order valence-electron chi connectivity index (χ4n) is 3.38. The molecule has 0 saturated carbocycles. The van der Waals surface area contributed by atoms with E-state index in [-0.39, 0.29) is 19.1 Å². The van der Waals surface area contributed by atoms with Gasteiger partial charge in [-0.05, 0) is 28.3 Å². The number of hydrogen-bond acceptors (Lipinski definition) is 3. The third-order valence-corrected chi connectivity index (χ3v) is 4.96. The molecule has 0 saturated heterocycles. The lowest BCUT2D eigenvalue weighted by Crippen LogP contribution is -2.26. The number of nitrogens with one attached hydrogen (secondary N) is 1. The second kappa shape index (κ2) is 8.16. The Morgan fingerprint density at radius 2 is 1.75 bits per heavy atom. The van der Waals surface area contributed by atoms with Crippen molar-refractivity contribution in [3.8, 4) is 23.0 Å². The zero-order chi connectivity index (χ0) is 19.3. The standard InChI is InChI=1S/C23H17ClN2O2/c24-22-14-25-13-11-16(22)6-5-12-26-23(27)28-15-21-19-9-3-1-7-17(19)18-8-2-4-10-20(18)21/h1-4,7-11,13-14,21H,12,15H2,(H,26,27). The van der Waals surface area contributed by atoms with Crippen LogP contribution in [0.15, 0.2) is 67.0 Å². The summed E-state index contributed by atoms with van der Waals surface area (Å²) in [6.45, 7) is 0.457. The average molecular weight is 389 g/mol. The van der Waals surface area contributed by atoms with Gasteiger partial charge in [-0.1, -0.05) is 72.0 Å². The first-order valence-electron chi connectivity index (χ1n) is 8.91. The zero-order valence-electron chi connectivity index (χ0n) is 15.0. The number of pyridine rings is 1. The molecule has 1 amide bonds. The molecule has 0 radical (unpaired) electrons. The largest absolute Gasteiger partial charge is 0.449 e. The molecule has 1 heterocycles. The number of nitrogens with zero attached hydrogens (tertiary/aromatic N) is 1. The van der Waals surface area contributed by atoms with Crippen LogP contribution in [-0.2, 0) is 4.74 Å². The van der Waals surface area contributed by atoms with E-state index < -0.39 is 6.09 Å². The highest BCUT2D eigenvalue weighted by Crippen LogP contribution is 2.44. The summed E-state index contributed by atoms with van der Waals surface area (Å²) >= 11 is 5.99. The predicted octanol–water partition coefficient (Wildman–Crippen LogP) is 4.63. The molecular formula is C23H17ClN2O2. The maximum absolute atomic E-state index is 12.1. The molecule has 1 aromatic heterocycles. The summed E-state index contributed by atoms with van der Waals surface area (Å²) in [6, 6.07) is 18.2. The van der Waals surface area contributed by atoms with E-state index in [1.807, 2.05) is 24.3 Å². The highest BCUT2D eigenvalue weighted by atomic mass is 35.5. The summed E-state index contributed by atoms with van der Waals surface area (Å²) in [5.41, 5.74) is 5.44. The third kappa shape index (κ3) is 3.71. The minimum atomic E-state index is -0.489. The Morgan fingerprint density at radius 1 is 1.07 bits per heavy atom. The van der Waals surface area contributed by atoms with Gasteiger partial charge in [-0.3, -0.25) is 4.98 Å².